The van der Waals surface area contributed by atoms with Gasteiger partial charge in [-0.2, -0.15) is 0 Å². The molecular formula is C23H28N2. The van der Waals surface area contributed by atoms with Gasteiger partial charge in [0.1, 0.15) is 0 Å². The van der Waals surface area contributed by atoms with Crippen molar-refractivity contribution in [2.24, 2.45) is 17.8 Å². The summed E-state index contributed by atoms with van der Waals surface area (Å²) in [6, 6.07) is 22.3. The van der Waals surface area contributed by atoms with Crippen LogP contribution in [0.2, 0.25) is 0 Å². The van der Waals surface area contributed by atoms with E-state index in [2.05, 4.69) is 77.4 Å². The summed E-state index contributed by atoms with van der Waals surface area (Å²) < 4.78 is 0. The van der Waals surface area contributed by atoms with Crippen LogP contribution >= 0.6 is 0 Å². The van der Waals surface area contributed by atoms with Crippen LogP contribution in [0.25, 0.3) is 0 Å². The van der Waals surface area contributed by atoms with Crippen molar-refractivity contribution in [2.45, 2.75) is 25.3 Å². The maximum atomic E-state index is 2.84. The van der Waals surface area contributed by atoms with Crippen LogP contribution < -0.4 is 4.90 Å². The molecule has 1 heterocycles. The number of fused-ring (bicyclic) bond motifs is 1. The first-order valence-corrected chi connectivity index (χ1v) is 9.90. The van der Waals surface area contributed by atoms with E-state index >= 15 is 0 Å². The van der Waals surface area contributed by atoms with Crippen molar-refractivity contribution < 1.29 is 0 Å². The van der Waals surface area contributed by atoms with E-state index in [1.165, 1.54) is 31.6 Å². The van der Waals surface area contributed by atoms with Crippen LogP contribution in [0.4, 0.5) is 5.69 Å². The summed E-state index contributed by atoms with van der Waals surface area (Å²) in [5, 5.41) is 0. The molecule has 25 heavy (non-hydrogen) atoms. The maximum Gasteiger partial charge on any atom is 0.0525 e. The number of para-hydroxylation sites is 1. The van der Waals surface area contributed by atoms with E-state index in [-0.39, 0.29) is 0 Å². The Labute approximate surface area is 151 Å². The Morgan fingerprint density at radius 1 is 0.760 bits per heavy atom. The van der Waals surface area contributed by atoms with Crippen LogP contribution in [-0.2, 0) is 5.54 Å². The minimum Gasteiger partial charge on any atom is -0.369 e. The van der Waals surface area contributed by atoms with Crippen LogP contribution in [0.5, 0.6) is 0 Å². The van der Waals surface area contributed by atoms with Gasteiger partial charge in [0.2, 0.25) is 0 Å². The van der Waals surface area contributed by atoms with E-state index in [9.17, 15) is 0 Å². The van der Waals surface area contributed by atoms with E-state index in [0.29, 0.717) is 5.54 Å². The van der Waals surface area contributed by atoms with Crippen molar-refractivity contribution in [3.63, 3.8) is 0 Å². The molecule has 2 nitrogen and oxygen atoms in total. The minimum atomic E-state index is 0.344. The Balaban J connectivity index is 1.38. The summed E-state index contributed by atoms with van der Waals surface area (Å²) in [6.07, 6.45) is 2.83. The lowest BCUT2D eigenvalue weighted by molar-refractivity contribution is 0.124. The maximum absolute atomic E-state index is 2.84. The van der Waals surface area contributed by atoms with Gasteiger partial charge in [0.15, 0.2) is 0 Å². The van der Waals surface area contributed by atoms with Crippen molar-refractivity contribution in [1.82, 2.24) is 4.90 Å². The molecule has 2 aromatic carbocycles. The molecule has 2 saturated carbocycles. The normalized spacial score (nSPS) is 34.8. The van der Waals surface area contributed by atoms with Crippen molar-refractivity contribution in [3.05, 3.63) is 66.2 Å². The van der Waals surface area contributed by atoms with Gasteiger partial charge in [-0.3, -0.25) is 4.90 Å². The predicted molar refractivity (Wildman–Crippen MR) is 104 cm³/mol. The lowest BCUT2D eigenvalue weighted by atomic mass is 9.89. The SMILES string of the molecule is CC1C[C@@H]2[C@H](C1)C2(c1ccccc1)N1CCN(c2ccccc2)CC1. The molecule has 3 fully saturated rings. The fourth-order valence-electron chi connectivity index (χ4n) is 5.93. The zero-order valence-corrected chi connectivity index (χ0v) is 15.1. The van der Waals surface area contributed by atoms with Crippen molar-refractivity contribution >= 4 is 5.69 Å². The van der Waals surface area contributed by atoms with Gasteiger partial charge in [0, 0.05) is 31.9 Å². The van der Waals surface area contributed by atoms with Crippen LogP contribution in [0, 0.1) is 17.8 Å². The summed E-state index contributed by atoms with van der Waals surface area (Å²) in [7, 11) is 0. The second-order valence-electron chi connectivity index (χ2n) is 8.29. The van der Waals surface area contributed by atoms with Crippen LogP contribution in [0.3, 0.4) is 0 Å². The van der Waals surface area contributed by atoms with Gasteiger partial charge in [-0.1, -0.05) is 55.5 Å². The number of anilines is 1. The zero-order valence-electron chi connectivity index (χ0n) is 15.1. The fraction of sp³-hybridized carbons (Fsp3) is 0.478. The van der Waals surface area contributed by atoms with Gasteiger partial charge in [0.05, 0.1) is 5.54 Å². The largest absolute Gasteiger partial charge is 0.369 e. The van der Waals surface area contributed by atoms with Crippen LogP contribution in [0.15, 0.2) is 60.7 Å². The first-order valence-electron chi connectivity index (χ1n) is 9.90. The van der Waals surface area contributed by atoms with Crippen molar-refractivity contribution in [1.29, 1.82) is 0 Å². The summed E-state index contributed by atoms with van der Waals surface area (Å²) in [6.45, 7) is 7.10. The molecule has 4 atom stereocenters. The van der Waals surface area contributed by atoms with Crippen LogP contribution in [-0.4, -0.2) is 31.1 Å². The Kier molecular flexibility index (Phi) is 3.63. The van der Waals surface area contributed by atoms with Gasteiger partial charge < -0.3 is 4.90 Å². The Morgan fingerprint density at radius 3 is 1.92 bits per heavy atom. The molecule has 130 valence electrons. The Hall–Kier alpha value is -1.80. The number of benzene rings is 2. The highest BCUT2D eigenvalue weighted by Crippen LogP contribution is 2.70. The van der Waals surface area contributed by atoms with Crippen molar-refractivity contribution in [2.75, 3.05) is 31.1 Å². The molecule has 0 radical (unpaired) electrons. The molecule has 3 aliphatic rings. The van der Waals surface area contributed by atoms with Crippen LogP contribution in [0.1, 0.15) is 25.3 Å². The second-order valence-corrected chi connectivity index (χ2v) is 8.29. The smallest absolute Gasteiger partial charge is 0.0525 e. The molecule has 2 unspecified atom stereocenters. The molecule has 0 amide bonds. The standard InChI is InChI=1S/C23H28N2/c1-18-16-21-22(17-18)23(21,19-8-4-2-5-9-19)25-14-12-24(13-15-25)20-10-6-3-7-11-20/h2-11,18,21-22H,12-17H2,1H3/t18?,21-,22+,23?. The van der Waals surface area contributed by atoms with Gasteiger partial charge in [0.25, 0.3) is 0 Å². The molecule has 2 aromatic rings. The average molecular weight is 332 g/mol. The lowest BCUT2D eigenvalue weighted by Gasteiger charge is -2.43. The predicted octanol–water partition coefficient (Wildman–Crippen LogP) is 4.38. The highest BCUT2D eigenvalue weighted by Gasteiger charge is 2.70. The third-order valence-electron chi connectivity index (χ3n) is 6.98. The third-order valence-corrected chi connectivity index (χ3v) is 6.98. The molecule has 5 rings (SSSR count). The summed E-state index contributed by atoms with van der Waals surface area (Å²) >= 11 is 0. The van der Waals surface area contributed by atoms with E-state index in [1.807, 2.05) is 0 Å². The quantitative estimate of drug-likeness (QED) is 0.823. The lowest BCUT2D eigenvalue weighted by Crippen LogP contribution is -2.52. The van der Waals surface area contributed by atoms with Gasteiger partial charge >= 0.3 is 0 Å². The number of piperazine rings is 1. The number of hydrogen-bond acceptors (Lipinski definition) is 2. The molecular weight excluding hydrogens is 304 g/mol. The Morgan fingerprint density at radius 2 is 1.32 bits per heavy atom. The summed E-state index contributed by atoms with van der Waals surface area (Å²) in [5.41, 5.74) is 3.29. The third kappa shape index (κ3) is 2.34. The summed E-state index contributed by atoms with van der Waals surface area (Å²) in [4.78, 5) is 5.39. The van der Waals surface area contributed by atoms with E-state index in [0.717, 1.165) is 30.8 Å². The van der Waals surface area contributed by atoms with Gasteiger partial charge in [-0.25, -0.2) is 0 Å². The first kappa shape index (κ1) is 15.5. The topological polar surface area (TPSA) is 6.48 Å². The Bertz CT molecular complexity index is 706. The highest BCUT2D eigenvalue weighted by atomic mass is 15.3. The van der Waals surface area contributed by atoms with E-state index < -0.39 is 0 Å². The molecule has 0 spiro atoms. The molecule has 1 aliphatic heterocycles. The van der Waals surface area contributed by atoms with Gasteiger partial charge in [-0.15, -0.1) is 0 Å². The van der Waals surface area contributed by atoms with Crippen molar-refractivity contribution in [3.8, 4) is 0 Å². The number of hydrogen-bond donors (Lipinski definition) is 0. The fourth-order valence-corrected chi connectivity index (χ4v) is 5.93. The average Bonchev–Trinajstić information content (AvgIpc) is 3.10. The van der Waals surface area contributed by atoms with E-state index in [4.69, 9.17) is 0 Å². The molecule has 0 bridgehead atoms. The molecule has 1 saturated heterocycles. The van der Waals surface area contributed by atoms with E-state index in [1.54, 1.807) is 5.56 Å². The zero-order chi connectivity index (χ0) is 16.9. The molecule has 0 N–H and O–H groups in total. The first-order chi connectivity index (χ1) is 12.3. The number of rotatable bonds is 3. The molecule has 2 aliphatic carbocycles. The van der Waals surface area contributed by atoms with Gasteiger partial charge in [-0.05, 0) is 48.3 Å². The summed E-state index contributed by atoms with van der Waals surface area (Å²) in [5.74, 6) is 2.68. The second kappa shape index (κ2) is 5.88. The number of nitrogens with zero attached hydrogens (tertiary/aromatic N) is 2. The molecule has 2 heteroatoms. The molecule has 0 aromatic heterocycles. The minimum absolute atomic E-state index is 0.344. The monoisotopic (exact) mass is 332 g/mol. The highest BCUT2D eigenvalue weighted by molar-refractivity contribution is 5.47.